The van der Waals surface area contributed by atoms with Crippen LogP contribution in [0.25, 0.3) is 0 Å². The first-order chi connectivity index (χ1) is 7.33. The van der Waals surface area contributed by atoms with Crippen LogP contribution in [0.2, 0.25) is 0 Å². The van der Waals surface area contributed by atoms with Gasteiger partial charge in [0.2, 0.25) is 0 Å². The van der Waals surface area contributed by atoms with Crippen molar-refractivity contribution >= 4 is 0 Å². The molecule has 84 valence electrons. The van der Waals surface area contributed by atoms with E-state index in [1.54, 1.807) is 12.4 Å². The Morgan fingerprint density at radius 3 is 2.87 bits per heavy atom. The molecular weight excluding hydrogens is 194 g/mol. The highest BCUT2D eigenvalue weighted by Crippen LogP contribution is 1.92. The fourth-order valence-electron chi connectivity index (χ4n) is 1.04. The lowest BCUT2D eigenvalue weighted by Gasteiger charge is -2.04. The standard InChI is InChI=1S/C10H17N3O2/c1-9-6-13-10(8-12-9)7-11-2-4-15-5-3-14/h6,8,11,14H,2-5,7H2,1H3. The van der Waals surface area contributed by atoms with E-state index in [0.29, 0.717) is 19.8 Å². The molecule has 0 aliphatic rings. The van der Waals surface area contributed by atoms with E-state index in [2.05, 4.69) is 15.3 Å². The number of hydrogen-bond donors (Lipinski definition) is 2. The summed E-state index contributed by atoms with van der Waals surface area (Å²) < 4.78 is 5.09. The Bertz CT molecular complexity index is 264. The van der Waals surface area contributed by atoms with Crippen LogP contribution in [0.5, 0.6) is 0 Å². The number of aromatic nitrogens is 2. The molecule has 2 N–H and O–H groups in total. The Labute approximate surface area is 89.5 Å². The van der Waals surface area contributed by atoms with Gasteiger partial charge in [-0.2, -0.15) is 0 Å². The molecule has 0 spiro atoms. The third kappa shape index (κ3) is 5.41. The van der Waals surface area contributed by atoms with Crippen LogP contribution in [0.4, 0.5) is 0 Å². The number of rotatable bonds is 7. The molecule has 0 bridgehead atoms. The van der Waals surface area contributed by atoms with Crippen LogP contribution in [-0.2, 0) is 11.3 Å². The van der Waals surface area contributed by atoms with Crippen molar-refractivity contribution in [3.05, 3.63) is 23.8 Å². The highest BCUT2D eigenvalue weighted by Gasteiger charge is 1.94. The normalized spacial score (nSPS) is 10.5. The van der Waals surface area contributed by atoms with Crippen molar-refractivity contribution in [1.82, 2.24) is 15.3 Å². The highest BCUT2D eigenvalue weighted by atomic mass is 16.5. The van der Waals surface area contributed by atoms with Crippen molar-refractivity contribution < 1.29 is 9.84 Å². The summed E-state index contributed by atoms with van der Waals surface area (Å²) in [7, 11) is 0. The summed E-state index contributed by atoms with van der Waals surface area (Å²) in [5, 5.41) is 11.6. The van der Waals surface area contributed by atoms with Gasteiger partial charge in [-0.1, -0.05) is 0 Å². The fourth-order valence-corrected chi connectivity index (χ4v) is 1.04. The summed E-state index contributed by atoms with van der Waals surface area (Å²) in [6.45, 7) is 4.41. The Balaban J connectivity index is 2.07. The minimum absolute atomic E-state index is 0.0729. The van der Waals surface area contributed by atoms with Gasteiger partial charge >= 0.3 is 0 Å². The molecule has 5 nitrogen and oxygen atoms in total. The summed E-state index contributed by atoms with van der Waals surface area (Å²) in [5.74, 6) is 0. The van der Waals surface area contributed by atoms with Crippen LogP contribution in [-0.4, -0.2) is 41.4 Å². The molecule has 0 saturated carbocycles. The van der Waals surface area contributed by atoms with Crippen LogP contribution in [0.15, 0.2) is 12.4 Å². The first-order valence-corrected chi connectivity index (χ1v) is 5.00. The molecule has 0 fully saturated rings. The Morgan fingerprint density at radius 2 is 2.20 bits per heavy atom. The predicted octanol–water partition coefficient (Wildman–Crippen LogP) is -0.116. The zero-order valence-electron chi connectivity index (χ0n) is 8.94. The van der Waals surface area contributed by atoms with Crippen molar-refractivity contribution in [2.24, 2.45) is 0 Å². The topological polar surface area (TPSA) is 67.3 Å². The number of nitrogens with one attached hydrogen (secondary N) is 1. The van der Waals surface area contributed by atoms with E-state index < -0.39 is 0 Å². The highest BCUT2D eigenvalue weighted by molar-refractivity contribution is 4.99. The second kappa shape index (κ2) is 7.28. The summed E-state index contributed by atoms with van der Waals surface area (Å²) >= 11 is 0. The molecule has 0 amide bonds. The molecule has 0 atom stereocenters. The summed E-state index contributed by atoms with van der Waals surface area (Å²) in [6.07, 6.45) is 3.51. The Hall–Kier alpha value is -1.04. The Kier molecular flexibility index (Phi) is 5.84. The van der Waals surface area contributed by atoms with Gasteiger partial charge in [0.05, 0.1) is 31.2 Å². The van der Waals surface area contributed by atoms with Crippen molar-refractivity contribution in [2.45, 2.75) is 13.5 Å². The third-order valence-electron chi connectivity index (χ3n) is 1.80. The molecule has 0 aliphatic heterocycles. The summed E-state index contributed by atoms with van der Waals surface area (Å²) in [4.78, 5) is 8.35. The first kappa shape index (κ1) is 12.0. The predicted molar refractivity (Wildman–Crippen MR) is 56.4 cm³/mol. The van der Waals surface area contributed by atoms with E-state index in [1.807, 2.05) is 6.92 Å². The maximum absolute atomic E-state index is 8.46. The molecular formula is C10H17N3O2. The molecule has 0 aliphatic carbocycles. The SMILES string of the molecule is Cc1cnc(CNCCOCCO)cn1. The first-order valence-electron chi connectivity index (χ1n) is 5.00. The summed E-state index contributed by atoms with van der Waals surface area (Å²) in [6, 6.07) is 0. The zero-order chi connectivity index (χ0) is 10.9. The molecule has 1 aromatic heterocycles. The van der Waals surface area contributed by atoms with Crippen LogP contribution in [0, 0.1) is 6.92 Å². The molecule has 0 radical (unpaired) electrons. The molecule has 0 saturated heterocycles. The van der Waals surface area contributed by atoms with Gasteiger partial charge < -0.3 is 15.2 Å². The second-order valence-electron chi connectivity index (χ2n) is 3.16. The zero-order valence-corrected chi connectivity index (χ0v) is 8.94. The van der Waals surface area contributed by atoms with Crippen molar-refractivity contribution in [3.8, 4) is 0 Å². The van der Waals surface area contributed by atoms with E-state index in [0.717, 1.165) is 17.9 Å². The third-order valence-corrected chi connectivity index (χ3v) is 1.80. The van der Waals surface area contributed by atoms with E-state index >= 15 is 0 Å². The van der Waals surface area contributed by atoms with E-state index in [4.69, 9.17) is 9.84 Å². The largest absolute Gasteiger partial charge is 0.394 e. The van der Waals surface area contributed by atoms with Crippen LogP contribution in [0.1, 0.15) is 11.4 Å². The fraction of sp³-hybridized carbons (Fsp3) is 0.600. The number of hydrogen-bond acceptors (Lipinski definition) is 5. The van der Waals surface area contributed by atoms with Gasteiger partial charge in [0.25, 0.3) is 0 Å². The molecule has 0 aromatic carbocycles. The number of aliphatic hydroxyl groups is 1. The molecule has 1 rings (SSSR count). The van der Waals surface area contributed by atoms with E-state index in [-0.39, 0.29) is 6.61 Å². The van der Waals surface area contributed by atoms with Gasteiger partial charge in [-0.3, -0.25) is 9.97 Å². The van der Waals surface area contributed by atoms with Crippen molar-refractivity contribution in [1.29, 1.82) is 0 Å². The van der Waals surface area contributed by atoms with Gasteiger partial charge in [-0.15, -0.1) is 0 Å². The van der Waals surface area contributed by atoms with Gasteiger partial charge in [0.1, 0.15) is 0 Å². The van der Waals surface area contributed by atoms with Gasteiger partial charge in [-0.05, 0) is 6.92 Å². The van der Waals surface area contributed by atoms with Crippen molar-refractivity contribution in [2.75, 3.05) is 26.4 Å². The second-order valence-corrected chi connectivity index (χ2v) is 3.16. The van der Waals surface area contributed by atoms with E-state index in [9.17, 15) is 0 Å². The lowest BCUT2D eigenvalue weighted by Crippen LogP contribution is -2.20. The van der Waals surface area contributed by atoms with Crippen LogP contribution in [0.3, 0.4) is 0 Å². The lowest BCUT2D eigenvalue weighted by atomic mass is 10.4. The molecule has 5 heteroatoms. The average Bonchev–Trinajstić information content (AvgIpc) is 2.26. The van der Waals surface area contributed by atoms with Crippen molar-refractivity contribution in [3.63, 3.8) is 0 Å². The Morgan fingerprint density at radius 1 is 1.33 bits per heavy atom. The quantitative estimate of drug-likeness (QED) is 0.616. The average molecular weight is 211 g/mol. The number of ether oxygens (including phenoxy) is 1. The minimum Gasteiger partial charge on any atom is -0.394 e. The van der Waals surface area contributed by atoms with Gasteiger partial charge in [0.15, 0.2) is 0 Å². The summed E-state index contributed by atoms with van der Waals surface area (Å²) in [5.41, 5.74) is 1.84. The van der Waals surface area contributed by atoms with Gasteiger partial charge in [-0.25, -0.2) is 0 Å². The molecule has 1 heterocycles. The monoisotopic (exact) mass is 211 g/mol. The smallest absolute Gasteiger partial charge is 0.0724 e. The number of aryl methyl sites for hydroxylation is 1. The lowest BCUT2D eigenvalue weighted by molar-refractivity contribution is 0.0937. The van der Waals surface area contributed by atoms with Gasteiger partial charge in [0, 0.05) is 25.5 Å². The number of nitrogens with zero attached hydrogens (tertiary/aromatic N) is 2. The molecule has 15 heavy (non-hydrogen) atoms. The van der Waals surface area contributed by atoms with E-state index in [1.165, 1.54) is 0 Å². The maximum atomic E-state index is 8.46. The van der Waals surface area contributed by atoms with Crippen LogP contribution < -0.4 is 5.32 Å². The van der Waals surface area contributed by atoms with Crippen LogP contribution >= 0.6 is 0 Å². The minimum atomic E-state index is 0.0729. The molecule has 1 aromatic rings. The maximum Gasteiger partial charge on any atom is 0.0724 e. The molecule has 0 unspecified atom stereocenters. The number of aliphatic hydroxyl groups excluding tert-OH is 1.